The predicted molar refractivity (Wildman–Crippen MR) is 120 cm³/mol. The molecule has 0 aliphatic heterocycles. The molecule has 3 aromatic rings. The molecule has 6 heteroatoms. The van der Waals surface area contributed by atoms with E-state index in [9.17, 15) is 0 Å². The van der Waals surface area contributed by atoms with Gasteiger partial charge >= 0.3 is 0 Å². The summed E-state index contributed by atoms with van der Waals surface area (Å²) in [4.78, 5) is 0. The Labute approximate surface area is 171 Å². The molecule has 5 nitrogen and oxygen atoms in total. The van der Waals surface area contributed by atoms with Gasteiger partial charge in [0.2, 0.25) is 0 Å². The molecule has 1 aromatic heterocycles. The maximum atomic E-state index is 5.29. The third-order valence-electron chi connectivity index (χ3n) is 4.48. The molecule has 0 aliphatic rings. The van der Waals surface area contributed by atoms with Crippen molar-refractivity contribution in [2.24, 2.45) is 5.10 Å². The Kier molecular flexibility index (Phi) is 6.11. The summed E-state index contributed by atoms with van der Waals surface area (Å²) in [5.41, 5.74) is 9.44. The molecule has 0 aliphatic carbocycles. The maximum Gasteiger partial charge on any atom is 0.191 e. The molecule has 0 atom stereocenters. The van der Waals surface area contributed by atoms with Gasteiger partial charge in [0.05, 0.1) is 13.3 Å². The van der Waals surface area contributed by atoms with Crippen LogP contribution >= 0.6 is 12.2 Å². The van der Waals surface area contributed by atoms with Gasteiger partial charge in [-0.2, -0.15) is 5.10 Å². The van der Waals surface area contributed by atoms with Crippen LogP contribution in [0.4, 0.5) is 5.69 Å². The lowest BCUT2D eigenvalue weighted by molar-refractivity contribution is 0.415. The van der Waals surface area contributed by atoms with Gasteiger partial charge < -0.3 is 14.6 Å². The number of hydrogen-bond donors (Lipinski definition) is 2. The first-order valence-electron chi connectivity index (χ1n) is 8.98. The smallest absolute Gasteiger partial charge is 0.191 e. The number of hydrazone groups is 1. The number of aryl methyl sites for hydroxylation is 2. The maximum absolute atomic E-state index is 5.29. The molecule has 28 heavy (non-hydrogen) atoms. The summed E-state index contributed by atoms with van der Waals surface area (Å²) < 4.78 is 7.36. The number of benzene rings is 2. The molecule has 0 bridgehead atoms. The molecular weight excluding hydrogens is 368 g/mol. The van der Waals surface area contributed by atoms with Crippen LogP contribution in [0.1, 0.15) is 22.5 Å². The van der Waals surface area contributed by atoms with Crippen LogP contribution in [-0.2, 0) is 0 Å². The minimum atomic E-state index is 0.425. The molecule has 0 saturated heterocycles. The number of rotatable bonds is 5. The number of hydrogen-bond acceptors (Lipinski definition) is 3. The Morgan fingerprint density at radius 3 is 2.36 bits per heavy atom. The first-order valence-corrected chi connectivity index (χ1v) is 9.39. The van der Waals surface area contributed by atoms with Crippen molar-refractivity contribution in [3.8, 4) is 11.4 Å². The van der Waals surface area contributed by atoms with Crippen molar-refractivity contribution in [2.45, 2.75) is 20.8 Å². The van der Waals surface area contributed by atoms with Gasteiger partial charge in [-0.15, -0.1) is 0 Å². The normalized spacial score (nSPS) is 10.9. The average Bonchev–Trinajstić information content (AvgIpc) is 2.97. The highest BCUT2D eigenvalue weighted by Gasteiger charge is 2.09. The van der Waals surface area contributed by atoms with Gasteiger partial charge in [0.25, 0.3) is 0 Å². The van der Waals surface area contributed by atoms with Gasteiger partial charge in [0.15, 0.2) is 5.11 Å². The Morgan fingerprint density at radius 2 is 1.71 bits per heavy atom. The molecule has 0 fully saturated rings. The Bertz CT molecular complexity index is 989. The van der Waals surface area contributed by atoms with Crippen molar-refractivity contribution in [1.29, 1.82) is 0 Å². The zero-order valence-electron chi connectivity index (χ0n) is 16.5. The van der Waals surface area contributed by atoms with Crippen molar-refractivity contribution >= 4 is 29.2 Å². The molecule has 0 spiro atoms. The van der Waals surface area contributed by atoms with Gasteiger partial charge in [-0.3, -0.25) is 5.43 Å². The zero-order valence-corrected chi connectivity index (χ0v) is 17.3. The standard InChI is InChI=1S/C22H24N4OS/c1-15-5-9-20(10-6-15)26-16(2)13-18(17(26)3)14-23-25-22(28)24-19-7-11-21(27-4)12-8-19/h5-14H,1-4H3,(H2,24,25,28)/b23-14-. The molecule has 0 saturated carbocycles. The fourth-order valence-corrected chi connectivity index (χ4v) is 3.17. The van der Waals surface area contributed by atoms with E-state index in [0.717, 1.165) is 34.1 Å². The van der Waals surface area contributed by atoms with E-state index in [2.05, 4.69) is 71.5 Å². The lowest BCUT2D eigenvalue weighted by atomic mass is 10.2. The molecule has 0 amide bonds. The fourth-order valence-electron chi connectivity index (χ4n) is 3.00. The van der Waals surface area contributed by atoms with Crippen LogP contribution in [0.25, 0.3) is 5.69 Å². The topological polar surface area (TPSA) is 50.6 Å². The minimum Gasteiger partial charge on any atom is -0.497 e. The zero-order chi connectivity index (χ0) is 20.1. The van der Waals surface area contributed by atoms with Gasteiger partial charge in [-0.05, 0) is 75.5 Å². The molecule has 0 radical (unpaired) electrons. The van der Waals surface area contributed by atoms with Crippen molar-refractivity contribution < 1.29 is 4.74 Å². The van der Waals surface area contributed by atoms with Gasteiger partial charge in [0.1, 0.15) is 5.75 Å². The summed E-state index contributed by atoms with van der Waals surface area (Å²) in [5.74, 6) is 0.798. The van der Waals surface area contributed by atoms with Crippen molar-refractivity contribution in [1.82, 2.24) is 9.99 Å². The first kappa shape index (κ1) is 19.6. The van der Waals surface area contributed by atoms with Gasteiger partial charge in [-0.25, -0.2) is 0 Å². The van der Waals surface area contributed by atoms with E-state index in [1.54, 1.807) is 13.3 Å². The van der Waals surface area contributed by atoms with E-state index in [1.807, 2.05) is 24.3 Å². The summed E-state index contributed by atoms with van der Waals surface area (Å²) >= 11 is 5.29. The number of anilines is 1. The highest BCUT2D eigenvalue weighted by molar-refractivity contribution is 7.80. The van der Waals surface area contributed by atoms with Crippen molar-refractivity contribution in [3.05, 3.63) is 77.1 Å². The SMILES string of the molecule is COc1ccc(NC(=S)N/N=C\c2cc(C)n(-c3ccc(C)cc3)c2C)cc1. The van der Waals surface area contributed by atoms with Crippen molar-refractivity contribution in [2.75, 3.05) is 12.4 Å². The Morgan fingerprint density at radius 1 is 1.04 bits per heavy atom. The van der Waals surface area contributed by atoms with Crippen LogP contribution in [-0.4, -0.2) is 23.0 Å². The van der Waals surface area contributed by atoms with Crippen LogP contribution in [0.5, 0.6) is 5.75 Å². The van der Waals surface area contributed by atoms with E-state index >= 15 is 0 Å². The number of aromatic nitrogens is 1. The predicted octanol–water partition coefficient (Wildman–Crippen LogP) is 4.73. The first-order chi connectivity index (χ1) is 13.5. The number of methoxy groups -OCH3 is 1. The molecule has 3 rings (SSSR count). The summed E-state index contributed by atoms with van der Waals surface area (Å²) in [6.07, 6.45) is 1.79. The third-order valence-corrected chi connectivity index (χ3v) is 4.67. The second-order valence-corrected chi connectivity index (χ2v) is 6.96. The second kappa shape index (κ2) is 8.71. The number of nitrogens with one attached hydrogen (secondary N) is 2. The van der Waals surface area contributed by atoms with Gasteiger partial charge in [-0.1, -0.05) is 17.7 Å². The van der Waals surface area contributed by atoms with E-state index in [0.29, 0.717) is 5.11 Å². The number of ether oxygens (including phenoxy) is 1. The van der Waals surface area contributed by atoms with Crippen molar-refractivity contribution in [3.63, 3.8) is 0 Å². The summed E-state index contributed by atoms with van der Waals surface area (Å²) in [5, 5.41) is 7.79. The summed E-state index contributed by atoms with van der Waals surface area (Å²) in [6.45, 7) is 6.27. The van der Waals surface area contributed by atoms with Crippen LogP contribution in [0.2, 0.25) is 0 Å². The molecule has 2 aromatic carbocycles. The molecule has 144 valence electrons. The lowest BCUT2D eigenvalue weighted by Gasteiger charge is -2.10. The van der Waals surface area contributed by atoms with Crippen LogP contribution in [0.15, 0.2) is 59.7 Å². The monoisotopic (exact) mass is 392 g/mol. The van der Waals surface area contributed by atoms with E-state index in [1.165, 1.54) is 5.56 Å². The van der Waals surface area contributed by atoms with E-state index in [-0.39, 0.29) is 0 Å². The van der Waals surface area contributed by atoms with E-state index < -0.39 is 0 Å². The second-order valence-electron chi connectivity index (χ2n) is 6.55. The quantitative estimate of drug-likeness (QED) is 0.374. The molecule has 0 unspecified atom stereocenters. The van der Waals surface area contributed by atoms with Gasteiger partial charge in [0, 0.05) is 28.3 Å². The molecular formula is C22H24N4OS. The minimum absolute atomic E-state index is 0.425. The van der Waals surface area contributed by atoms with E-state index in [4.69, 9.17) is 17.0 Å². The molecule has 2 N–H and O–H groups in total. The summed E-state index contributed by atoms with van der Waals surface area (Å²) in [6, 6.07) is 18.1. The highest BCUT2D eigenvalue weighted by Crippen LogP contribution is 2.20. The van der Waals surface area contributed by atoms with Crippen LogP contribution < -0.4 is 15.5 Å². The lowest BCUT2D eigenvalue weighted by Crippen LogP contribution is -2.23. The Balaban J connectivity index is 1.66. The number of nitrogens with zero attached hydrogens (tertiary/aromatic N) is 2. The average molecular weight is 393 g/mol. The highest BCUT2D eigenvalue weighted by atomic mass is 32.1. The fraction of sp³-hybridized carbons (Fsp3) is 0.182. The van der Waals surface area contributed by atoms with Crippen LogP contribution in [0, 0.1) is 20.8 Å². The number of thiocarbonyl (C=S) groups is 1. The Hall–Kier alpha value is -3.12. The summed E-state index contributed by atoms with van der Waals surface area (Å²) in [7, 11) is 1.64. The third kappa shape index (κ3) is 4.58. The van der Waals surface area contributed by atoms with Crippen LogP contribution in [0.3, 0.4) is 0 Å². The molecule has 1 heterocycles. The largest absolute Gasteiger partial charge is 0.497 e.